The van der Waals surface area contributed by atoms with Crippen molar-refractivity contribution < 1.29 is 28.5 Å². The van der Waals surface area contributed by atoms with E-state index in [4.69, 9.17) is 10.2 Å². The molecule has 0 spiro atoms. The van der Waals surface area contributed by atoms with Crippen LogP contribution in [0.15, 0.2) is 17.2 Å². The normalized spacial score (nSPS) is 14.9. The van der Waals surface area contributed by atoms with Crippen molar-refractivity contribution in [3.63, 3.8) is 0 Å². The van der Waals surface area contributed by atoms with Crippen molar-refractivity contribution in [1.82, 2.24) is 9.29 Å². The molecule has 0 aliphatic carbocycles. The van der Waals surface area contributed by atoms with E-state index in [9.17, 15) is 18.3 Å². The second-order valence-electron chi connectivity index (χ2n) is 5.04. The van der Waals surface area contributed by atoms with E-state index in [2.05, 4.69) is 4.72 Å². The zero-order chi connectivity index (χ0) is 16.3. The molecule has 1 rings (SSSR count). The lowest BCUT2D eigenvalue weighted by atomic mass is 10.1. The number of sulfonamides is 1. The van der Waals surface area contributed by atoms with Crippen LogP contribution in [0.25, 0.3) is 0 Å². The first-order valence-electron chi connectivity index (χ1n) is 6.39. The van der Waals surface area contributed by atoms with E-state index < -0.39 is 28.2 Å². The van der Waals surface area contributed by atoms with Gasteiger partial charge in [-0.3, -0.25) is 0 Å². The number of carboxylic acids is 1. The molecule has 120 valence electrons. The lowest BCUT2D eigenvalue weighted by Gasteiger charge is -2.20. The third-order valence-electron chi connectivity index (χ3n) is 2.85. The molecule has 0 fully saturated rings. The number of aliphatic hydroxyl groups excluding tert-OH is 1. The van der Waals surface area contributed by atoms with E-state index >= 15 is 0 Å². The lowest BCUT2D eigenvalue weighted by molar-refractivity contribution is 0.00681. The summed E-state index contributed by atoms with van der Waals surface area (Å²) in [5, 5.41) is 27.5. The highest BCUT2D eigenvalue weighted by molar-refractivity contribution is 7.89. The van der Waals surface area contributed by atoms with Gasteiger partial charge < -0.3 is 19.9 Å². The van der Waals surface area contributed by atoms with Crippen LogP contribution in [0.3, 0.4) is 0 Å². The van der Waals surface area contributed by atoms with E-state index in [0.717, 1.165) is 6.07 Å². The van der Waals surface area contributed by atoms with Crippen molar-refractivity contribution in [1.29, 1.82) is 0 Å². The topological polar surface area (TPSA) is 129 Å². The average molecular weight is 320 g/mol. The fourth-order valence-corrected chi connectivity index (χ4v) is 2.83. The van der Waals surface area contributed by atoms with Crippen LogP contribution in [-0.2, 0) is 16.6 Å². The highest BCUT2D eigenvalue weighted by Crippen LogP contribution is 2.16. The number of aromatic nitrogens is 1. The largest absolute Gasteiger partial charge is 0.477 e. The van der Waals surface area contributed by atoms with Crippen molar-refractivity contribution in [2.24, 2.45) is 0 Å². The second kappa shape index (κ2) is 6.56. The standard InChI is InChI=1S/C12H20N2O6S/c1-3-4-14-6-9(5-10(14)11(16)17)21(19,20)13-7-12(2,18)8-15/h5-6,13,15,18H,3-4,7-8H2,1-2H3,(H,16,17). The molecule has 21 heavy (non-hydrogen) atoms. The molecule has 0 aliphatic heterocycles. The summed E-state index contributed by atoms with van der Waals surface area (Å²) in [5.74, 6) is -1.22. The number of aryl methyl sites for hydroxylation is 1. The lowest BCUT2D eigenvalue weighted by Crippen LogP contribution is -2.43. The SMILES string of the molecule is CCCn1cc(S(=O)(=O)NCC(C)(O)CO)cc1C(=O)O. The summed E-state index contributed by atoms with van der Waals surface area (Å²) in [6, 6.07) is 1.06. The smallest absolute Gasteiger partial charge is 0.352 e. The molecule has 0 aliphatic rings. The Hall–Kier alpha value is -1.42. The zero-order valence-electron chi connectivity index (χ0n) is 11.9. The Morgan fingerprint density at radius 2 is 2.10 bits per heavy atom. The van der Waals surface area contributed by atoms with Gasteiger partial charge in [-0.25, -0.2) is 17.9 Å². The molecule has 0 radical (unpaired) electrons. The van der Waals surface area contributed by atoms with Gasteiger partial charge in [0, 0.05) is 19.3 Å². The maximum atomic E-state index is 12.1. The Kier molecular flexibility index (Phi) is 5.51. The first-order chi connectivity index (χ1) is 9.63. The highest BCUT2D eigenvalue weighted by Gasteiger charge is 2.25. The second-order valence-corrected chi connectivity index (χ2v) is 6.81. The minimum absolute atomic E-state index is 0.119. The summed E-state index contributed by atoms with van der Waals surface area (Å²) in [6.07, 6.45) is 1.89. The van der Waals surface area contributed by atoms with Crippen molar-refractivity contribution in [3.8, 4) is 0 Å². The minimum Gasteiger partial charge on any atom is -0.477 e. The highest BCUT2D eigenvalue weighted by atomic mass is 32.2. The van der Waals surface area contributed by atoms with Crippen LogP contribution in [0.1, 0.15) is 30.8 Å². The molecule has 1 heterocycles. The number of carboxylic acid groups (broad SMARTS) is 1. The fraction of sp³-hybridized carbons (Fsp3) is 0.583. The van der Waals surface area contributed by atoms with Crippen LogP contribution >= 0.6 is 0 Å². The van der Waals surface area contributed by atoms with Crippen LogP contribution in [0, 0.1) is 0 Å². The van der Waals surface area contributed by atoms with Gasteiger partial charge in [-0.2, -0.15) is 0 Å². The number of rotatable bonds is 8. The van der Waals surface area contributed by atoms with Crippen LogP contribution < -0.4 is 4.72 Å². The minimum atomic E-state index is -3.96. The molecule has 1 atom stereocenters. The van der Waals surface area contributed by atoms with Gasteiger partial charge >= 0.3 is 5.97 Å². The molecular weight excluding hydrogens is 300 g/mol. The molecule has 0 amide bonds. The maximum absolute atomic E-state index is 12.1. The Morgan fingerprint density at radius 1 is 1.48 bits per heavy atom. The molecule has 1 aromatic heterocycles. The molecule has 9 heteroatoms. The third kappa shape index (κ3) is 4.53. The molecule has 4 N–H and O–H groups in total. The zero-order valence-corrected chi connectivity index (χ0v) is 12.7. The van der Waals surface area contributed by atoms with Gasteiger partial charge in [0.1, 0.15) is 10.6 Å². The van der Waals surface area contributed by atoms with Crippen molar-refractivity contribution in [2.45, 2.75) is 37.3 Å². The summed E-state index contributed by atoms with van der Waals surface area (Å²) >= 11 is 0. The Labute approximate surface area is 123 Å². The number of nitrogens with one attached hydrogen (secondary N) is 1. The van der Waals surface area contributed by atoms with Gasteiger partial charge in [0.25, 0.3) is 0 Å². The van der Waals surface area contributed by atoms with Crippen molar-refractivity contribution >= 4 is 16.0 Å². The third-order valence-corrected chi connectivity index (χ3v) is 4.22. The first kappa shape index (κ1) is 17.6. The van der Waals surface area contributed by atoms with E-state index in [0.29, 0.717) is 13.0 Å². The summed E-state index contributed by atoms with van der Waals surface area (Å²) in [6.45, 7) is 2.52. The Bertz CT molecular complexity index is 605. The van der Waals surface area contributed by atoms with Gasteiger partial charge in [-0.1, -0.05) is 6.92 Å². The molecule has 1 unspecified atom stereocenters. The number of nitrogens with zero attached hydrogens (tertiary/aromatic N) is 1. The average Bonchev–Trinajstić information content (AvgIpc) is 2.82. The van der Waals surface area contributed by atoms with Gasteiger partial charge in [-0.05, 0) is 19.4 Å². The monoisotopic (exact) mass is 320 g/mol. The molecule has 0 bridgehead atoms. The predicted molar refractivity (Wildman–Crippen MR) is 74.6 cm³/mol. The maximum Gasteiger partial charge on any atom is 0.352 e. The Balaban J connectivity index is 3.03. The molecule has 0 saturated carbocycles. The van der Waals surface area contributed by atoms with Crippen LogP contribution in [0.4, 0.5) is 0 Å². The first-order valence-corrected chi connectivity index (χ1v) is 7.87. The summed E-state index contributed by atoms with van der Waals surface area (Å²) in [5.41, 5.74) is -1.71. The Morgan fingerprint density at radius 3 is 2.57 bits per heavy atom. The van der Waals surface area contributed by atoms with E-state index in [1.165, 1.54) is 17.7 Å². The van der Waals surface area contributed by atoms with E-state index in [1.807, 2.05) is 6.92 Å². The summed E-state index contributed by atoms with van der Waals surface area (Å²) in [4.78, 5) is 10.9. The number of carbonyl (C=O) groups is 1. The summed E-state index contributed by atoms with van der Waals surface area (Å²) < 4.78 is 27.6. The molecule has 0 aromatic carbocycles. The van der Waals surface area contributed by atoms with E-state index in [1.54, 1.807) is 0 Å². The van der Waals surface area contributed by atoms with Crippen molar-refractivity contribution in [2.75, 3.05) is 13.2 Å². The van der Waals surface area contributed by atoms with E-state index in [-0.39, 0.29) is 17.1 Å². The van der Waals surface area contributed by atoms with Gasteiger partial charge in [-0.15, -0.1) is 0 Å². The van der Waals surface area contributed by atoms with Crippen LogP contribution in [-0.4, -0.2) is 53.0 Å². The molecule has 1 aromatic rings. The molecular formula is C12H20N2O6S. The van der Waals surface area contributed by atoms with Crippen molar-refractivity contribution in [3.05, 3.63) is 18.0 Å². The fourth-order valence-electron chi connectivity index (χ4n) is 1.63. The quantitative estimate of drug-likeness (QED) is 0.517. The van der Waals surface area contributed by atoms with Gasteiger partial charge in [0.2, 0.25) is 10.0 Å². The number of hydrogen-bond acceptors (Lipinski definition) is 5. The molecule has 0 saturated heterocycles. The van der Waals surface area contributed by atoms with Gasteiger partial charge in [0.05, 0.1) is 12.2 Å². The number of hydrogen-bond donors (Lipinski definition) is 4. The number of aliphatic hydroxyl groups is 2. The molecule has 8 nitrogen and oxygen atoms in total. The number of aromatic carboxylic acids is 1. The van der Waals surface area contributed by atoms with Crippen LogP contribution in [0.2, 0.25) is 0 Å². The van der Waals surface area contributed by atoms with Crippen LogP contribution in [0.5, 0.6) is 0 Å². The van der Waals surface area contributed by atoms with Gasteiger partial charge in [0.15, 0.2) is 0 Å². The predicted octanol–water partition coefficient (Wildman–Crippen LogP) is -0.382. The summed E-state index contributed by atoms with van der Waals surface area (Å²) in [7, 11) is -3.96.